The van der Waals surface area contributed by atoms with Crippen LogP contribution in [0.5, 0.6) is 0 Å². The van der Waals surface area contributed by atoms with E-state index < -0.39 is 5.97 Å². The van der Waals surface area contributed by atoms with Crippen molar-refractivity contribution < 1.29 is 9.90 Å². The van der Waals surface area contributed by atoms with Crippen molar-refractivity contribution >= 4 is 5.97 Å². The standard InChI is InChI=1S/C14H16N2O2/c1-9-10(2)15-16(11(9)3)13-6-4-12(5-7-13)8-14(17)18/h4-7H,8H2,1-3H3,(H,17,18). The van der Waals surface area contributed by atoms with Gasteiger partial charge in [-0.25, -0.2) is 4.68 Å². The number of rotatable bonds is 3. The predicted molar refractivity (Wildman–Crippen MR) is 69.1 cm³/mol. The van der Waals surface area contributed by atoms with Gasteiger partial charge in [0.15, 0.2) is 0 Å². The number of nitrogens with zero attached hydrogens (tertiary/aromatic N) is 2. The molecule has 1 heterocycles. The van der Waals surface area contributed by atoms with Crippen molar-refractivity contribution in [1.82, 2.24) is 9.78 Å². The van der Waals surface area contributed by atoms with Gasteiger partial charge in [-0.1, -0.05) is 12.1 Å². The zero-order chi connectivity index (χ0) is 13.3. The maximum Gasteiger partial charge on any atom is 0.307 e. The van der Waals surface area contributed by atoms with E-state index >= 15 is 0 Å². The molecule has 0 saturated heterocycles. The van der Waals surface area contributed by atoms with Gasteiger partial charge in [0.1, 0.15) is 0 Å². The summed E-state index contributed by atoms with van der Waals surface area (Å²) in [5.41, 5.74) is 5.06. The van der Waals surface area contributed by atoms with Gasteiger partial charge >= 0.3 is 5.97 Å². The number of carbonyl (C=O) groups is 1. The quantitative estimate of drug-likeness (QED) is 0.902. The lowest BCUT2D eigenvalue weighted by Gasteiger charge is -2.05. The van der Waals surface area contributed by atoms with E-state index in [4.69, 9.17) is 5.11 Å². The number of benzene rings is 1. The first kappa shape index (κ1) is 12.4. The number of carboxylic acids is 1. The molecule has 1 N–H and O–H groups in total. The molecule has 0 saturated carbocycles. The third-order valence-electron chi connectivity index (χ3n) is 3.19. The minimum Gasteiger partial charge on any atom is -0.481 e. The Morgan fingerprint density at radius 3 is 2.28 bits per heavy atom. The SMILES string of the molecule is Cc1nn(-c2ccc(CC(=O)O)cc2)c(C)c1C. The van der Waals surface area contributed by atoms with E-state index in [0.717, 1.165) is 22.6 Å². The smallest absolute Gasteiger partial charge is 0.307 e. The van der Waals surface area contributed by atoms with Gasteiger partial charge in [-0.2, -0.15) is 5.10 Å². The summed E-state index contributed by atoms with van der Waals surface area (Å²) in [4.78, 5) is 10.6. The van der Waals surface area contributed by atoms with Gasteiger partial charge in [-0.05, 0) is 44.0 Å². The molecule has 0 aliphatic heterocycles. The van der Waals surface area contributed by atoms with E-state index in [1.807, 2.05) is 49.7 Å². The zero-order valence-corrected chi connectivity index (χ0v) is 10.8. The molecule has 0 aliphatic carbocycles. The van der Waals surface area contributed by atoms with E-state index in [1.165, 1.54) is 5.56 Å². The summed E-state index contributed by atoms with van der Waals surface area (Å²) in [5, 5.41) is 13.2. The predicted octanol–water partition coefficient (Wildman–Crippen LogP) is 2.42. The van der Waals surface area contributed by atoms with Crippen molar-refractivity contribution in [1.29, 1.82) is 0 Å². The second-order valence-corrected chi connectivity index (χ2v) is 4.44. The summed E-state index contributed by atoms with van der Waals surface area (Å²) < 4.78 is 1.88. The molecule has 0 unspecified atom stereocenters. The average molecular weight is 244 g/mol. The number of aryl methyl sites for hydroxylation is 1. The third-order valence-corrected chi connectivity index (χ3v) is 3.19. The van der Waals surface area contributed by atoms with Crippen molar-refractivity contribution in [3.63, 3.8) is 0 Å². The summed E-state index contributed by atoms with van der Waals surface area (Å²) in [6, 6.07) is 7.46. The Balaban J connectivity index is 2.34. The van der Waals surface area contributed by atoms with Crippen molar-refractivity contribution in [3.05, 3.63) is 46.8 Å². The monoisotopic (exact) mass is 244 g/mol. The third kappa shape index (κ3) is 2.27. The van der Waals surface area contributed by atoms with Crippen LogP contribution in [-0.4, -0.2) is 20.9 Å². The lowest BCUT2D eigenvalue weighted by atomic mass is 10.1. The molecule has 2 rings (SSSR count). The Labute approximate surface area is 106 Å². The topological polar surface area (TPSA) is 55.1 Å². The van der Waals surface area contributed by atoms with Crippen LogP contribution in [0, 0.1) is 20.8 Å². The molecule has 0 atom stereocenters. The highest BCUT2D eigenvalue weighted by Crippen LogP contribution is 2.17. The first-order chi connectivity index (χ1) is 8.49. The number of aliphatic carboxylic acids is 1. The maximum atomic E-state index is 10.6. The number of aromatic nitrogens is 2. The highest BCUT2D eigenvalue weighted by atomic mass is 16.4. The van der Waals surface area contributed by atoms with Crippen LogP contribution in [0.15, 0.2) is 24.3 Å². The number of hydrogen-bond donors (Lipinski definition) is 1. The molecule has 0 bridgehead atoms. The fourth-order valence-electron chi connectivity index (χ4n) is 1.90. The van der Waals surface area contributed by atoms with Crippen LogP contribution in [0.25, 0.3) is 5.69 Å². The minimum absolute atomic E-state index is 0.0520. The van der Waals surface area contributed by atoms with Gasteiger partial charge in [0, 0.05) is 5.69 Å². The first-order valence-corrected chi connectivity index (χ1v) is 5.83. The molecular weight excluding hydrogens is 228 g/mol. The van der Waals surface area contributed by atoms with E-state index in [0.29, 0.717) is 0 Å². The largest absolute Gasteiger partial charge is 0.481 e. The Morgan fingerprint density at radius 2 is 1.83 bits per heavy atom. The second kappa shape index (κ2) is 4.64. The summed E-state index contributed by atoms with van der Waals surface area (Å²) >= 11 is 0. The van der Waals surface area contributed by atoms with Gasteiger partial charge in [0.05, 0.1) is 17.8 Å². The van der Waals surface area contributed by atoms with E-state index in [1.54, 1.807) is 0 Å². The van der Waals surface area contributed by atoms with Crippen molar-refractivity contribution in [2.75, 3.05) is 0 Å². The Bertz CT molecular complexity index is 583. The molecule has 1 aromatic carbocycles. The molecule has 1 aromatic heterocycles. The van der Waals surface area contributed by atoms with Crippen LogP contribution in [0.2, 0.25) is 0 Å². The maximum absolute atomic E-state index is 10.6. The lowest BCUT2D eigenvalue weighted by molar-refractivity contribution is -0.136. The van der Waals surface area contributed by atoms with Crippen LogP contribution in [0.3, 0.4) is 0 Å². The summed E-state index contributed by atoms with van der Waals surface area (Å²) in [6.07, 6.45) is 0.0520. The van der Waals surface area contributed by atoms with Gasteiger partial charge in [-0.3, -0.25) is 4.79 Å². The van der Waals surface area contributed by atoms with Crippen LogP contribution in [-0.2, 0) is 11.2 Å². The lowest BCUT2D eigenvalue weighted by Crippen LogP contribution is -2.02. The van der Waals surface area contributed by atoms with Gasteiger partial charge < -0.3 is 5.11 Å². The average Bonchev–Trinajstić information content (AvgIpc) is 2.57. The zero-order valence-electron chi connectivity index (χ0n) is 10.8. The summed E-state index contributed by atoms with van der Waals surface area (Å²) in [7, 11) is 0. The van der Waals surface area contributed by atoms with Crippen molar-refractivity contribution in [3.8, 4) is 5.69 Å². The molecule has 0 spiro atoms. The highest BCUT2D eigenvalue weighted by Gasteiger charge is 2.09. The fraction of sp³-hybridized carbons (Fsp3) is 0.286. The number of carboxylic acid groups (broad SMARTS) is 1. The second-order valence-electron chi connectivity index (χ2n) is 4.44. The van der Waals surface area contributed by atoms with Crippen LogP contribution in [0.1, 0.15) is 22.5 Å². The molecule has 18 heavy (non-hydrogen) atoms. The Hall–Kier alpha value is -2.10. The Kier molecular flexibility index (Phi) is 3.19. The molecule has 0 fully saturated rings. The van der Waals surface area contributed by atoms with Crippen molar-refractivity contribution in [2.24, 2.45) is 0 Å². The van der Waals surface area contributed by atoms with E-state index in [2.05, 4.69) is 5.10 Å². The van der Waals surface area contributed by atoms with Crippen LogP contribution >= 0.6 is 0 Å². The summed E-state index contributed by atoms with van der Waals surface area (Å²) in [6.45, 7) is 6.06. The summed E-state index contributed by atoms with van der Waals surface area (Å²) in [5.74, 6) is -0.815. The van der Waals surface area contributed by atoms with Crippen molar-refractivity contribution in [2.45, 2.75) is 27.2 Å². The van der Waals surface area contributed by atoms with Gasteiger partial charge in [-0.15, -0.1) is 0 Å². The minimum atomic E-state index is -0.815. The molecule has 94 valence electrons. The normalized spacial score (nSPS) is 10.6. The molecule has 2 aromatic rings. The molecule has 4 heteroatoms. The van der Waals surface area contributed by atoms with E-state index in [9.17, 15) is 4.79 Å². The first-order valence-electron chi connectivity index (χ1n) is 5.83. The van der Waals surface area contributed by atoms with E-state index in [-0.39, 0.29) is 6.42 Å². The Morgan fingerprint density at radius 1 is 1.22 bits per heavy atom. The van der Waals surface area contributed by atoms with Gasteiger partial charge in [0.25, 0.3) is 0 Å². The molecule has 4 nitrogen and oxygen atoms in total. The number of hydrogen-bond acceptors (Lipinski definition) is 2. The fourth-order valence-corrected chi connectivity index (χ4v) is 1.90. The molecular formula is C14H16N2O2. The molecule has 0 radical (unpaired) electrons. The highest BCUT2D eigenvalue weighted by molar-refractivity contribution is 5.70. The van der Waals surface area contributed by atoms with Gasteiger partial charge in [0.2, 0.25) is 0 Å². The molecule has 0 aliphatic rings. The van der Waals surface area contributed by atoms with Crippen LogP contribution < -0.4 is 0 Å². The molecule has 0 amide bonds. The van der Waals surface area contributed by atoms with Crippen LogP contribution in [0.4, 0.5) is 0 Å².